The van der Waals surface area contributed by atoms with Gasteiger partial charge in [-0.05, 0) is 30.5 Å². The van der Waals surface area contributed by atoms with E-state index in [-0.39, 0.29) is 5.25 Å². The molecule has 24 heavy (non-hydrogen) atoms. The zero-order valence-corrected chi connectivity index (χ0v) is 15.3. The Morgan fingerprint density at radius 3 is 2.58 bits per heavy atom. The van der Waals surface area contributed by atoms with Gasteiger partial charge in [0.15, 0.2) is 4.34 Å². The molecule has 0 fully saturated rings. The molecule has 0 saturated heterocycles. The van der Waals surface area contributed by atoms with E-state index >= 15 is 0 Å². The fourth-order valence-electron chi connectivity index (χ4n) is 2.53. The van der Waals surface area contributed by atoms with Crippen LogP contribution >= 0.6 is 23.1 Å². The van der Waals surface area contributed by atoms with Crippen molar-refractivity contribution < 1.29 is 5.11 Å². The van der Waals surface area contributed by atoms with Crippen molar-refractivity contribution in [2.45, 2.75) is 35.5 Å². The van der Waals surface area contributed by atoms with Gasteiger partial charge in [-0.3, -0.25) is 0 Å². The van der Waals surface area contributed by atoms with Gasteiger partial charge >= 0.3 is 0 Å². The SMILES string of the molecule is CC/C=C/C[C@H](Sc1nc2ccccc2s1)[C@@H](O)c1ccccc1. The maximum Gasteiger partial charge on any atom is 0.151 e. The first-order valence-corrected chi connectivity index (χ1v) is 9.87. The average molecular weight is 356 g/mol. The number of benzene rings is 2. The molecule has 3 rings (SSSR count). The molecule has 2 aromatic carbocycles. The van der Waals surface area contributed by atoms with Crippen LogP contribution in [0.1, 0.15) is 31.4 Å². The molecule has 4 heteroatoms. The van der Waals surface area contributed by atoms with E-state index in [4.69, 9.17) is 4.98 Å². The Bertz CT molecular complexity index is 765. The number of thioether (sulfide) groups is 1. The molecule has 3 aromatic rings. The van der Waals surface area contributed by atoms with Gasteiger partial charge in [-0.25, -0.2) is 4.98 Å². The van der Waals surface area contributed by atoms with Gasteiger partial charge in [-0.1, -0.05) is 73.3 Å². The maximum absolute atomic E-state index is 10.8. The second-order valence-corrected chi connectivity index (χ2v) is 8.09. The maximum atomic E-state index is 10.8. The summed E-state index contributed by atoms with van der Waals surface area (Å²) in [4.78, 5) is 4.70. The minimum absolute atomic E-state index is 0.0516. The topological polar surface area (TPSA) is 33.1 Å². The lowest BCUT2D eigenvalue weighted by atomic mass is 10.0. The summed E-state index contributed by atoms with van der Waals surface area (Å²) >= 11 is 3.37. The lowest BCUT2D eigenvalue weighted by Gasteiger charge is -2.20. The Morgan fingerprint density at radius 1 is 1.08 bits per heavy atom. The summed E-state index contributed by atoms with van der Waals surface area (Å²) in [5, 5.41) is 10.9. The van der Waals surface area contributed by atoms with Crippen LogP contribution in [0.2, 0.25) is 0 Å². The molecule has 0 bridgehead atoms. The van der Waals surface area contributed by atoms with Gasteiger partial charge in [0.05, 0.1) is 16.3 Å². The highest BCUT2D eigenvalue weighted by Crippen LogP contribution is 2.38. The standard InChI is InChI=1S/C20H21NOS2/c1-2-3-5-14-18(19(22)15-10-6-4-7-11-15)24-20-21-16-12-8-9-13-17(16)23-20/h3-13,18-19,22H,2,14H2,1H3/b5-3+/t18-,19-/m0/s1. The number of aromatic nitrogens is 1. The normalized spacial score (nSPS) is 14.2. The van der Waals surface area contributed by atoms with E-state index < -0.39 is 6.10 Å². The third kappa shape index (κ3) is 4.26. The first-order chi connectivity index (χ1) is 11.8. The fraction of sp³-hybridized carbons (Fsp3) is 0.250. The summed E-state index contributed by atoms with van der Waals surface area (Å²) in [5.74, 6) is 0. The number of aliphatic hydroxyl groups excluding tert-OH is 1. The molecule has 0 radical (unpaired) electrons. The van der Waals surface area contributed by atoms with Crippen molar-refractivity contribution in [3.05, 3.63) is 72.3 Å². The molecule has 0 spiro atoms. The number of nitrogens with zero attached hydrogens (tertiary/aromatic N) is 1. The van der Waals surface area contributed by atoms with Crippen LogP contribution in [0.15, 0.2) is 71.1 Å². The summed E-state index contributed by atoms with van der Waals surface area (Å²) in [6.07, 6.45) is 5.65. The molecule has 2 atom stereocenters. The van der Waals surface area contributed by atoms with E-state index in [1.54, 1.807) is 23.1 Å². The Hall–Kier alpha value is -1.62. The van der Waals surface area contributed by atoms with Crippen LogP contribution in [0.25, 0.3) is 10.2 Å². The number of fused-ring (bicyclic) bond motifs is 1. The summed E-state index contributed by atoms with van der Waals surface area (Å²) < 4.78 is 2.21. The van der Waals surface area contributed by atoms with E-state index in [0.717, 1.165) is 28.3 Å². The van der Waals surface area contributed by atoms with Crippen molar-refractivity contribution in [3.8, 4) is 0 Å². The third-order valence-corrected chi connectivity index (χ3v) is 6.21. The highest BCUT2D eigenvalue weighted by molar-refractivity contribution is 8.01. The number of para-hydroxylation sites is 1. The monoisotopic (exact) mass is 355 g/mol. The van der Waals surface area contributed by atoms with Gasteiger partial charge in [-0.2, -0.15) is 0 Å². The molecule has 1 heterocycles. The smallest absolute Gasteiger partial charge is 0.151 e. The molecule has 1 aromatic heterocycles. The third-order valence-electron chi connectivity index (χ3n) is 3.79. The highest BCUT2D eigenvalue weighted by atomic mass is 32.2. The van der Waals surface area contributed by atoms with Crippen LogP contribution in [0, 0.1) is 0 Å². The van der Waals surface area contributed by atoms with Crippen LogP contribution in [0.4, 0.5) is 0 Å². The first kappa shape index (κ1) is 17.2. The van der Waals surface area contributed by atoms with Gasteiger partial charge in [-0.15, -0.1) is 11.3 Å². The minimum Gasteiger partial charge on any atom is -0.387 e. The van der Waals surface area contributed by atoms with Crippen molar-refractivity contribution in [1.82, 2.24) is 4.98 Å². The van der Waals surface area contributed by atoms with Gasteiger partial charge < -0.3 is 5.11 Å². The Morgan fingerprint density at radius 2 is 1.83 bits per heavy atom. The van der Waals surface area contributed by atoms with Crippen molar-refractivity contribution in [3.63, 3.8) is 0 Å². The van der Waals surface area contributed by atoms with Crippen LogP contribution in [0.5, 0.6) is 0 Å². The number of allylic oxidation sites excluding steroid dienone is 2. The Kier molecular flexibility index (Phi) is 6.07. The van der Waals surface area contributed by atoms with Gasteiger partial charge in [0.25, 0.3) is 0 Å². The fourth-order valence-corrected chi connectivity index (χ4v) is 4.97. The number of aliphatic hydroxyl groups is 1. The highest BCUT2D eigenvalue weighted by Gasteiger charge is 2.22. The number of hydrogen-bond donors (Lipinski definition) is 1. The van der Waals surface area contributed by atoms with Crippen LogP contribution in [0.3, 0.4) is 0 Å². The van der Waals surface area contributed by atoms with E-state index in [1.165, 1.54) is 4.70 Å². The molecule has 0 aliphatic rings. The van der Waals surface area contributed by atoms with Crippen LogP contribution in [-0.4, -0.2) is 15.3 Å². The van der Waals surface area contributed by atoms with Crippen molar-refractivity contribution in [2.75, 3.05) is 0 Å². The van der Waals surface area contributed by atoms with Crippen molar-refractivity contribution in [1.29, 1.82) is 0 Å². The lowest BCUT2D eigenvalue weighted by molar-refractivity contribution is 0.175. The van der Waals surface area contributed by atoms with Crippen LogP contribution in [-0.2, 0) is 0 Å². The molecule has 0 aliphatic heterocycles. The Labute approximate surface area is 151 Å². The minimum atomic E-state index is -0.510. The predicted octanol–water partition coefficient (Wildman–Crippen LogP) is 5.85. The summed E-state index contributed by atoms with van der Waals surface area (Å²) in [6.45, 7) is 2.12. The largest absolute Gasteiger partial charge is 0.387 e. The zero-order valence-electron chi connectivity index (χ0n) is 13.6. The predicted molar refractivity (Wildman–Crippen MR) is 105 cm³/mol. The second kappa shape index (κ2) is 8.47. The van der Waals surface area contributed by atoms with E-state index in [1.807, 2.05) is 48.5 Å². The van der Waals surface area contributed by atoms with Crippen LogP contribution < -0.4 is 0 Å². The van der Waals surface area contributed by atoms with E-state index in [0.29, 0.717) is 0 Å². The van der Waals surface area contributed by atoms with Gasteiger partial charge in [0.1, 0.15) is 0 Å². The zero-order chi connectivity index (χ0) is 16.8. The molecule has 0 aliphatic carbocycles. The quantitative estimate of drug-likeness (QED) is 0.426. The number of hydrogen-bond acceptors (Lipinski definition) is 4. The molecule has 0 unspecified atom stereocenters. The summed E-state index contributed by atoms with van der Waals surface area (Å²) in [5.41, 5.74) is 1.99. The van der Waals surface area contributed by atoms with E-state index in [2.05, 4.69) is 25.1 Å². The van der Waals surface area contributed by atoms with Gasteiger partial charge in [0.2, 0.25) is 0 Å². The van der Waals surface area contributed by atoms with Crippen molar-refractivity contribution in [2.24, 2.45) is 0 Å². The molecule has 124 valence electrons. The summed E-state index contributed by atoms with van der Waals surface area (Å²) in [7, 11) is 0. The first-order valence-electron chi connectivity index (χ1n) is 8.18. The van der Waals surface area contributed by atoms with E-state index in [9.17, 15) is 5.11 Å². The molecule has 0 saturated carbocycles. The molecule has 1 N–H and O–H groups in total. The summed E-state index contributed by atoms with van der Waals surface area (Å²) in [6, 6.07) is 18.1. The van der Waals surface area contributed by atoms with Crippen molar-refractivity contribution >= 4 is 33.3 Å². The average Bonchev–Trinajstić information content (AvgIpc) is 3.03. The molecule has 2 nitrogen and oxygen atoms in total. The lowest BCUT2D eigenvalue weighted by Crippen LogP contribution is -2.14. The number of rotatable bonds is 7. The molecule has 0 amide bonds. The molecular formula is C20H21NOS2. The number of thiazole rings is 1. The molecular weight excluding hydrogens is 334 g/mol. The second-order valence-electron chi connectivity index (χ2n) is 5.57. The Balaban J connectivity index is 1.82. The van der Waals surface area contributed by atoms with Gasteiger partial charge in [0, 0.05) is 5.25 Å².